The van der Waals surface area contributed by atoms with E-state index in [-0.39, 0.29) is 11.8 Å². The zero-order valence-corrected chi connectivity index (χ0v) is 17.9. The van der Waals surface area contributed by atoms with Crippen molar-refractivity contribution in [1.29, 1.82) is 0 Å². The van der Waals surface area contributed by atoms with Gasteiger partial charge in [0.05, 0.1) is 0 Å². The molecule has 1 aromatic heterocycles. The Kier molecular flexibility index (Phi) is 5.95. The summed E-state index contributed by atoms with van der Waals surface area (Å²) in [4.78, 5) is 25.8. The molecule has 1 unspecified atom stereocenters. The van der Waals surface area contributed by atoms with Crippen LogP contribution in [0.1, 0.15) is 73.7 Å². The van der Waals surface area contributed by atoms with Gasteiger partial charge >= 0.3 is 0 Å². The average molecular weight is 393 g/mol. The van der Waals surface area contributed by atoms with Gasteiger partial charge in [-0.15, -0.1) is 0 Å². The number of carbonyl (C=O) groups excluding carboxylic acids is 1. The quantitative estimate of drug-likeness (QED) is 0.792. The molecule has 1 aromatic carbocycles. The zero-order valence-electron chi connectivity index (χ0n) is 17.9. The van der Waals surface area contributed by atoms with Gasteiger partial charge in [0.2, 0.25) is 5.91 Å². The lowest BCUT2D eigenvalue weighted by Gasteiger charge is -2.32. The number of carbonyl (C=O) groups is 1. The van der Waals surface area contributed by atoms with Gasteiger partial charge in [-0.3, -0.25) is 9.69 Å². The Morgan fingerprint density at radius 2 is 2.00 bits per heavy atom. The first kappa shape index (κ1) is 20.0. The summed E-state index contributed by atoms with van der Waals surface area (Å²) in [5, 5.41) is 0. The molecule has 3 heterocycles. The number of nitrogens with zero attached hydrogens (tertiary/aromatic N) is 4. The molecule has 2 aliphatic rings. The second kappa shape index (κ2) is 8.62. The highest BCUT2D eigenvalue weighted by Gasteiger charge is 2.26. The normalized spacial score (nSPS) is 20.0. The van der Waals surface area contributed by atoms with E-state index in [0.717, 1.165) is 57.8 Å². The molecule has 0 bridgehead atoms. The van der Waals surface area contributed by atoms with E-state index in [2.05, 4.69) is 43.0 Å². The van der Waals surface area contributed by atoms with E-state index >= 15 is 0 Å². The summed E-state index contributed by atoms with van der Waals surface area (Å²) in [5.41, 5.74) is 5.20. The highest BCUT2D eigenvalue weighted by atomic mass is 16.2. The van der Waals surface area contributed by atoms with Gasteiger partial charge in [0.15, 0.2) is 0 Å². The van der Waals surface area contributed by atoms with Crippen LogP contribution in [0.5, 0.6) is 0 Å². The van der Waals surface area contributed by atoms with Crippen LogP contribution in [-0.4, -0.2) is 45.3 Å². The monoisotopic (exact) mass is 392 g/mol. The van der Waals surface area contributed by atoms with Crippen LogP contribution in [0.2, 0.25) is 0 Å². The summed E-state index contributed by atoms with van der Waals surface area (Å²) >= 11 is 0. The molecular formula is C24H32N4O. The first-order valence-electron chi connectivity index (χ1n) is 10.9. The van der Waals surface area contributed by atoms with Crippen LogP contribution in [0.3, 0.4) is 0 Å². The molecule has 2 aliphatic heterocycles. The van der Waals surface area contributed by atoms with Crippen LogP contribution in [0.15, 0.2) is 30.5 Å². The standard InChI is InChI=1S/C24H32N4O/c1-17(2)20-8-6-19(7-9-20)14-27-12-10-23-22(15-27)13-25-24(26-23)21-5-4-11-28(16-21)18(3)29/h6-9,13,17,21H,4-5,10-12,14-16H2,1-3H3. The van der Waals surface area contributed by atoms with Crippen molar-refractivity contribution < 1.29 is 4.79 Å². The Hall–Kier alpha value is -2.27. The second-order valence-electron chi connectivity index (χ2n) is 8.86. The average Bonchev–Trinajstić information content (AvgIpc) is 2.74. The van der Waals surface area contributed by atoms with Gasteiger partial charge in [-0.05, 0) is 29.9 Å². The van der Waals surface area contributed by atoms with Gasteiger partial charge in [0.1, 0.15) is 5.82 Å². The van der Waals surface area contributed by atoms with Gasteiger partial charge in [0, 0.05) is 69.4 Å². The van der Waals surface area contributed by atoms with E-state index in [1.165, 1.54) is 22.4 Å². The van der Waals surface area contributed by atoms with Crippen molar-refractivity contribution in [1.82, 2.24) is 19.8 Å². The number of hydrogen-bond acceptors (Lipinski definition) is 4. The fourth-order valence-electron chi connectivity index (χ4n) is 4.46. The Morgan fingerprint density at radius 1 is 1.21 bits per heavy atom. The SMILES string of the molecule is CC(=O)N1CCCC(c2ncc3c(n2)CCN(Cc2ccc(C(C)C)cc2)C3)C1. The minimum atomic E-state index is 0.157. The van der Waals surface area contributed by atoms with Crippen molar-refractivity contribution in [3.05, 3.63) is 58.7 Å². The number of benzene rings is 1. The molecule has 1 fully saturated rings. The van der Waals surface area contributed by atoms with Gasteiger partial charge in [-0.25, -0.2) is 9.97 Å². The third-order valence-corrected chi connectivity index (χ3v) is 6.32. The van der Waals surface area contributed by atoms with Gasteiger partial charge in [-0.2, -0.15) is 0 Å². The number of fused-ring (bicyclic) bond motifs is 1. The Labute approximate surface area is 174 Å². The van der Waals surface area contributed by atoms with E-state index in [0.29, 0.717) is 5.92 Å². The highest BCUT2D eigenvalue weighted by molar-refractivity contribution is 5.73. The van der Waals surface area contributed by atoms with Crippen LogP contribution in [0.25, 0.3) is 0 Å². The Morgan fingerprint density at radius 3 is 2.72 bits per heavy atom. The van der Waals surface area contributed by atoms with Crippen LogP contribution >= 0.6 is 0 Å². The van der Waals surface area contributed by atoms with Gasteiger partial charge in [0.25, 0.3) is 0 Å². The molecule has 29 heavy (non-hydrogen) atoms. The van der Waals surface area contributed by atoms with Crippen molar-refractivity contribution in [3.63, 3.8) is 0 Å². The van der Waals surface area contributed by atoms with E-state index < -0.39 is 0 Å². The molecule has 0 saturated carbocycles. The molecular weight excluding hydrogens is 360 g/mol. The third-order valence-electron chi connectivity index (χ3n) is 6.32. The second-order valence-corrected chi connectivity index (χ2v) is 8.86. The maximum atomic E-state index is 11.7. The van der Waals surface area contributed by atoms with Crippen molar-refractivity contribution in [2.45, 2.75) is 65.0 Å². The summed E-state index contributed by atoms with van der Waals surface area (Å²) in [6.45, 7) is 10.6. The third kappa shape index (κ3) is 4.67. The summed E-state index contributed by atoms with van der Waals surface area (Å²) in [6.07, 6.45) is 5.10. The minimum absolute atomic E-state index is 0.157. The van der Waals surface area contributed by atoms with Gasteiger partial charge in [-0.1, -0.05) is 38.1 Å². The Bertz CT molecular complexity index is 862. The van der Waals surface area contributed by atoms with Crippen LogP contribution in [-0.2, 0) is 24.3 Å². The molecule has 1 atom stereocenters. The lowest BCUT2D eigenvalue weighted by atomic mass is 9.96. The lowest BCUT2D eigenvalue weighted by molar-refractivity contribution is -0.130. The van der Waals surface area contributed by atoms with Crippen molar-refractivity contribution >= 4 is 5.91 Å². The molecule has 1 amide bonds. The highest BCUT2D eigenvalue weighted by Crippen LogP contribution is 2.27. The smallest absolute Gasteiger partial charge is 0.219 e. The Balaban J connectivity index is 1.41. The number of piperidine rings is 1. The van der Waals surface area contributed by atoms with Crippen molar-refractivity contribution in [2.24, 2.45) is 0 Å². The predicted molar refractivity (Wildman–Crippen MR) is 115 cm³/mol. The van der Waals surface area contributed by atoms with Crippen molar-refractivity contribution in [3.8, 4) is 0 Å². The molecule has 1 saturated heterocycles. The first-order valence-corrected chi connectivity index (χ1v) is 10.9. The van der Waals surface area contributed by atoms with E-state index in [1.807, 2.05) is 11.1 Å². The molecule has 5 heteroatoms. The van der Waals surface area contributed by atoms with Crippen LogP contribution < -0.4 is 0 Å². The summed E-state index contributed by atoms with van der Waals surface area (Å²) in [7, 11) is 0. The molecule has 0 aliphatic carbocycles. The molecule has 5 nitrogen and oxygen atoms in total. The minimum Gasteiger partial charge on any atom is -0.342 e. The zero-order chi connectivity index (χ0) is 20.4. The number of rotatable bonds is 4. The first-order chi connectivity index (χ1) is 14.0. The summed E-state index contributed by atoms with van der Waals surface area (Å²) in [6, 6.07) is 9.02. The van der Waals surface area contributed by atoms with E-state index in [9.17, 15) is 4.79 Å². The molecule has 0 spiro atoms. The van der Waals surface area contributed by atoms with E-state index in [4.69, 9.17) is 9.97 Å². The molecule has 4 rings (SSSR count). The summed E-state index contributed by atoms with van der Waals surface area (Å²) < 4.78 is 0. The molecule has 0 N–H and O–H groups in total. The fourth-order valence-corrected chi connectivity index (χ4v) is 4.46. The maximum Gasteiger partial charge on any atom is 0.219 e. The number of amides is 1. The number of likely N-dealkylation sites (tertiary alicyclic amines) is 1. The van der Waals surface area contributed by atoms with Crippen LogP contribution in [0, 0.1) is 0 Å². The predicted octanol–water partition coefficient (Wildman–Crippen LogP) is 3.88. The molecule has 0 radical (unpaired) electrons. The molecule has 154 valence electrons. The number of aromatic nitrogens is 2. The van der Waals surface area contributed by atoms with E-state index in [1.54, 1.807) is 6.92 Å². The number of hydrogen-bond donors (Lipinski definition) is 0. The lowest BCUT2D eigenvalue weighted by Crippen LogP contribution is -2.38. The topological polar surface area (TPSA) is 49.3 Å². The van der Waals surface area contributed by atoms with Gasteiger partial charge < -0.3 is 4.90 Å². The van der Waals surface area contributed by atoms with Crippen LogP contribution in [0.4, 0.5) is 0 Å². The largest absolute Gasteiger partial charge is 0.342 e. The van der Waals surface area contributed by atoms with Crippen molar-refractivity contribution in [2.75, 3.05) is 19.6 Å². The fraction of sp³-hybridized carbons (Fsp3) is 0.542. The molecule has 2 aromatic rings. The maximum absolute atomic E-state index is 11.7. The summed E-state index contributed by atoms with van der Waals surface area (Å²) in [5.74, 6) is 1.93.